The van der Waals surface area contributed by atoms with Crippen molar-refractivity contribution in [2.24, 2.45) is 0 Å². The summed E-state index contributed by atoms with van der Waals surface area (Å²) < 4.78 is 42.0. The quantitative estimate of drug-likeness (QED) is 0.343. The van der Waals surface area contributed by atoms with Crippen molar-refractivity contribution in [1.82, 2.24) is 9.97 Å². The van der Waals surface area contributed by atoms with Gasteiger partial charge in [0.15, 0.2) is 5.82 Å². The molecule has 1 aliphatic heterocycles. The molecule has 6 nitrogen and oxygen atoms in total. The number of nitrogens with one attached hydrogen (secondary N) is 1. The summed E-state index contributed by atoms with van der Waals surface area (Å²) in [7, 11) is 0. The van der Waals surface area contributed by atoms with Crippen molar-refractivity contribution in [1.29, 1.82) is 0 Å². The van der Waals surface area contributed by atoms with Crippen molar-refractivity contribution < 1.29 is 18.0 Å². The van der Waals surface area contributed by atoms with Gasteiger partial charge < -0.3 is 15.1 Å². The second-order valence-electron chi connectivity index (χ2n) is 8.06. The van der Waals surface area contributed by atoms with E-state index in [-0.39, 0.29) is 16.0 Å². The number of carbonyl (C=O) groups excluding carboxylic acids is 1. The number of fused-ring (bicyclic) bond motifs is 1. The van der Waals surface area contributed by atoms with Gasteiger partial charge in [-0.05, 0) is 46.6 Å². The Balaban J connectivity index is 1.41. The van der Waals surface area contributed by atoms with E-state index in [9.17, 15) is 18.0 Å². The molecule has 3 heterocycles. The van der Waals surface area contributed by atoms with Crippen molar-refractivity contribution in [3.8, 4) is 0 Å². The molecular formula is C24H19BrF3N5OS. The zero-order valence-electron chi connectivity index (χ0n) is 18.5. The molecule has 1 saturated heterocycles. The minimum absolute atomic E-state index is 0.107. The molecule has 0 bridgehead atoms. The fourth-order valence-corrected chi connectivity index (χ4v) is 5.75. The largest absolute Gasteiger partial charge is 0.366 e. The van der Waals surface area contributed by atoms with E-state index in [1.807, 2.05) is 11.0 Å². The van der Waals surface area contributed by atoms with Crippen LogP contribution in [0, 0.1) is 24.4 Å². The van der Waals surface area contributed by atoms with Crippen LogP contribution in [0.2, 0.25) is 0 Å². The lowest BCUT2D eigenvalue weighted by Crippen LogP contribution is -2.47. The molecule has 2 aromatic heterocycles. The number of carbonyl (C=O) groups is 1. The summed E-state index contributed by atoms with van der Waals surface area (Å²) in [4.78, 5) is 26.9. The van der Waals surface area contributed by atoms with E-state index in [2.05, 4.69) is 36.1 Å². The topological polar surface area (TPSA) is 61.4 Å². The van der Waals surface area contributed by atoms with E-state index in [0.29, 0.717) is 59.0 Å². The van der Waals surface area contributed by atoms with Crippen LogP contribution in [-0.2, 0) is 0 Å². The standard InChI is InChI=1S/C24H19BrF3N5OS/c1-13-19-22(33-8-6-32(7-9-33)18-5-3-2-4-16(18)27)29-12-30-24(19)35-21(13)23(34)31-20-15(25)10-14(26)11-17(20)28/h2-5,10-12H,6-9H2,1H3,(H,31,34). The maximum absolute atomic E-state index is 14.2. The van der Waals surface area contributed by atoms with Gasteiger partial charge in [-0.2, -0.15) is 0 Å². The number of aromatic nitrogens is 2. The lowest BCUT2D eigenvalue weighted by molar-refractivity contribution is 0.102. The van der Waals surface area contributed by atoms with E-state index < -0.39 is 17.5 Å². The number of aryl methyl sites for hydroxylation is 1. The van der Waals surface area contributed by atoms with E-state index in [1.54, 1.807) is 19.1 Å². The third-order valence-electron chi connectivity index (χ3n) is 5.93. The molecule has 1 fully saturated rings. The number of hydrogen-bond donors (Lipinski definition) is 1. The first-order valence-electron chi connectivity index (χ1n) is 10.8. The first-order valence-corrected chi connectivity index (χ1v) is 12.4. The summed E-state index contributed by atoms with van der Waals surface area (Å²) in [5.74, 6) is -1.70. The molecular weight excluding hydrogens is 543 g/mol. The van der Waals surface area contributed by atoms with E-state index in [1.165, 1.54) is 23.7 Å². The number of hydrogen-bond acceptors (Lipinski definition) is 6. The van der Waals surface area contributed by atoms with Crippen LogP contribution in [0.25, 0.3) is 10.2 Å². The fraction of sp³-hybridized carbons (Fsp3) is 0.208. The van der Waals surface area contributed by atoms with Gasteiger partial charge in [-0.1, -0.05) is 12.1 Å². The number of amides is 1. The Morgan fingerprint density at radius 1 is 1.03 bits per heavy atom. The van der Waals surface area contributed by atoms with Crippen molar-refractivity contribution in [3.63, 3.8) is 0 Å². The molecule has 0 spiro atoms. The predicted molar refractivity (Wildman–Crippen MR) is 135 cm³/mol. The van der Waals surface area contributed by atoms with Crippen LogP contribution >= 0.6 is 27.3 Å². The van der Waals surface area contributed by atoms with Crippen LogP contribution in [0.4, 0.5) is 30.4 Å². The second-order valence-corrected chi connectivity index (χ2v) is 9.91. The molecule has 0 unspecified atom stereocenters. The second kappa shape index (κ2) is 9.46. The van der Waals surface area contributed by atoms with Crippen LogP contribution in [-0.4, -0.2) is 42.1 Å². The number of anilines is 3. The molecule has 1 amide bonds. The van der Waals surface area contributed by atoms with Crippen molar-refractivity contribution in [3.05, 3.63) is 75.1 Å². The maximum Gasteiger partial charge on any atom is 0.266 e. The van der Waals surface area contributed by atoms with Gasteiger partial charge in [-0.25, -0.2) is 23.1 Å². The number of thiophene rings is 1. The van der Waals surface area contributed by atoms with E-state index in [0.717, 1.165) is 11.5 Å². The van der Waals surface area contributed by atoms with Gasteiger partial charge in [0.05, 0.1) is 21.6 Å². The Labute approximate surface area is 211 Å². The van der Waals surface area contributed by atoms with Crippen LogP contribution in [0.5, 0.6) is 0 Å². The highest BCUT2D eigenvalue weighted by Gasteiger charge is 2.26. The normalized spacial score (nSPS) is 14.0. The van der Waals surface area contributed by atoms with Crippen molar-refractivity contribution >= 4 is 60.6 Å². The molecule has 35 heavy (non-hydrogen) atoms. The minimum atomic E-state index is -0.878. The molecule has 0 radical (unpaired) electrons. The van der Waals surface area contributed by atoms with Crippen molar-refractivity contribution in [2.75, 3.05) is 41.3 Å². The van der Waals surface area contributed by atoms with Crippen molar-refractivity contribution in [2.45, 2.75) is 6.92 Å². The summed E-state index contributed by atoms with van der Waals surface area (Å²) in [5.41, 5.74) is 1.11. The third-order valence-corrected chi connectivity index (χ3v) is 7.75. The number of halogens is 4. The number of piperazine rings is 1. The molecule has 0 aliphatic carbocycles. The van der Waals surface area contributed by atoms with Crippen LogP contribution < -0.4 is 15.1 Å². The first kappa shape index (κ1) is 23.6. The molecule has 180 valence electrons. The summed E-state index contributed by atoms with van der Waals surface area (Å²) in [6.45, 7) is 4.25. The van der Waals surface area contributed by atoms with Gasteiger partial charge in [-0.15, -0.1) is 11.3 Å². The number of rotatable bonds is 4. The zero-order chi connectivity index (χ0) is 24.7. The SMILES string of the molecule is Cc1c(C(=O)Nc2c(F)cc(F)cc2Br)sc2ncnc(N3CCN(c4ccccc4F)CC3)c12. The van der Waals surface area contributed by atoms with E-state index in [4.69, 9.17) is 0 Å². The lowest BCUT2D eigenvalue weighted by atomic mass is 10.1. The lowest BCUT2D eigenvalue weighted by Gasteiger charge is -2.37. The summed E-state index contributed by atoms with van der Waals surface area (Å²) >= 11 is 4.28. The molecule has 2 aromatic carbocycles. The van der Waals surface area contributed by atoms with Gasteiger partial charge in [0, 0.05) is 36.7 Å². The minimum Gasteiger partial charge on any atom is -0.366 e. The van der Waals surface area contributed by atoms with Crippen LogP contribution in [0.3, 0.4) is 0 Å². The van der Waals surface area contributed by atoms with Gasteiger partial charge in [0.2, 0.25) is 0 Å². The Kier molecular flexibility index (Phi) is 6.37. The smallest absolute Gasteiger partial charge is 0.266 e. The molecule has 1 N–H and O–H groups in total. The highest BCUT2D eigenvalue weighted by Crippen LogP contribution is 2.36. The highest BCUT2D eigenvalue weighted by atomic mass is 79.9. The third kappa shape index (κ3) is 4.45. The number of nitrogens with zero attached hydrogens (tertiary/aromatic N) is 4. The van der Waals surface area contributed by atoms with Gasteiger partial charge in [0.1, 0.15) is 28.6 Å². The average molecular weight is 562 g/mol. The summed E-state index contributed by atoms with van der Waals surface area (Å²) in [6, 6.07) is 8.50. The summed E-state index contributed by atoms with van der Waals surface area (Å²) in [6.07, 6.45) is 1.45. The number of para-hydroxylation sites is 1. The monoisotopic (exact) mass is 561 g/mol. The number of benzene rings is 2. The Hall–Kier alpha value is -3.18. The predicted octanol–water partition coefficient (Wildman–Crippen LogP) is 5.76. The van der Waals surface area contributed by atoms with Gasteiger partial charge >= 0.3 is 0 Å². The average Bonchev–Trinajstić information content (AvgIpc) is 3.18. The van der Waals surface area contributed by atoms with Crippen LogP contribution in [0.15, 0.2) is 47.2 Å². The fourth-order valence-electron chi connectivity index (χ4n) is 4.21. The molecule has 0 saturated carbocycles. The molecule has 1 aliphatic rings. The highest BCUT2D eigenvalue weighted by molar-refractivity contribution is 9.10. The first-order chi connectivity index (χ1) is 16.8. The Bertz CT molecular complexity index is 1420. The van der Waals surface area contributed by atoms with Crippen LogP contribution in [0.1, 0.15) is 15.2 Å². The Morgan fingerprint density at radius 3 is 2.46 bits per heavy atom. The maximum atomic E-state index is 14.2. The Morgan fingerprint density at radius 2 is 1.74 bits per heavy atom. The zero-order valence-corrected chi connectivity index (χ0v) is 20.9. The molecule has 5 rings (SSSR count). The van der Waals surface area contributed by atoms with Gasteiger partial charge in [-0.3, -0.25) is 4.79 Å². The van der Waals surface area contributed by atoms with E-state index >= 15 is 0 Å². The molecule has 0 atom stereocenters. The summed E-state index contributed by atoms with van der Waals surface area (Å²) in [5, 5.41) is 3.28. The molecule has 4 aromatic rings. The van der Waals surface area contributed by atoms with Gasteiger partial charge in [0.25, 0.3) is 5.91 Å². The molecule has 11 heteroatoms.